The lowest BCUT2D eigenvalue weighted by Crippen LogP contribution is -2.30. The average Bonchev–Trinajstić information content (AvgIpc) is 1.18. The molecule has 0 saturated carbocycles. The van der Waals surface area contributed by atoms with Gasteiger partial charge in [0.2, 0.25) is 0 Å². The Kier molecular flexibility index (Phi) is 67.4. The summed E-state index contributed by atoms with van der Waals surface area (Å²) >= 11 is 0. The third kappa shape index (κ3) is 69.2. The summed E-state index contributed by atoms with van der Waals surface area (Å²) in [5.41, 5.74) is 0. The number of phosphoric acid groups is 2. The first-order chi connectivity index (χ1) is 46.4. The number of carbonyl (C=O) groups excluding carboxylic acids is 4. The minimum Gasteiger partial charge on any atom is -0.462 e. The zero-order valence-electron chi connectivity index (χ0n) is 62.7. The van der Waals surface area contributed by atoms with Crippen LogP contribution in [0.15, 0.2) is 0 Å². The molecule has 0 spiro atoms. The van der Waals surface area contributed by atoms with Crippen LogP contribution in [0.3, 0.4) is 0 Å². The van der Waals surface area contributed by atoms with Crippen LogP contribution in [0.25, 0.3) is 0 Å². The van der Waals surface area contributed by atoms with Crippen molar-refractivity contribution >= 4 is 39.5 Å². The van der Waals surface area contributed by atoms with Crippen LogP contribution < -0.4 is 0 Å². The number of aliphatic hydroxyl groups excluding tert-OH is 1. The summed E-state index contributed by atoms with van der Waals surface area (Å²) in [6.45, 7) is 9.60. The zero-order valence-corrected chi connectivity index (χ0v) is 64.5. The van der Waals surface area contributed by atoms with Gasteiger partial charge < -0.3 is 33.8 Å². The Bertz CT molecular complexity index is 1860. The molecule has 17 nitrogen and oxygen atoms in total. The van der Waals surface area contributed by atoms with E-state index in [2.05, 4.69) is 41.5 Å². The van der Waals surface area contributed by atoms with E-state index < -0.39 is 97.5 Å². The van der Waals surface area contributed by atoms with Crippen molar-refractivity contribution < 1.29 is 80.2 Å². The molecule has 0 amide bonds. The summed E-state index contributed by atoms with van der Waals surface area (Å²) in [4.78, 5) is 72.5. The number of phosphoric ester groups is 2. The van der Waals surface area contributed by atoms with Crippen LogP contribution in [0, 0.1) is 11.8 Å². The summed E-state index contributed by atoms with van der Waals surface area (Å²) in [5.74, 6) is -0.455. The number of unbranched alkanes of at least 4 members (excludes halogenated alkanes) is 45. The van der Waals surface area contributed by atoms with Gasteiger partial charge in [-0.1, -0.05) is 350 Å². The van der Waals surface area contributed by atoms with Crippen LogP contribution in [0.2, 0.25) is 0 Å². The Morgan fingerprint density at radius 1 is 0.302 bits per heavy atom. The van der Waals surface area contributed by atoms with E-state index in [1.807, 2.05) is 0 Å². The van der Waals surface area contributed by atoms with E-state index in [-0.39, 0.29) is 25.7 Å². The highest BCUT2D eigenvalue weighted by Crippen LogP contribution is 2.45. The lowest BCUT2D eigenvalue weighted by molar-refractivity contribution is -0.161. The van der Waals surface area contributed by atoms with Crippen molar-refractivity contribution in [2.45, 2.75) is 419 Å². The number of rotatable bonds is 76. The molecule has 96 heavy (non-hydrogen) atoms. The molecule has 0 aliphatic heterocycles. The van der Waals surface area contributed by atoms with E-state index in [4.69, 9.17) is 37.0 Å². The molecule has 0 aromatic rings. The third-order valence-electron chi connectivity index (χ3n) is 18.3. The molecule has 0 heterocycles. The number of hydrogen-bond donors (Lipinski definition) is 3. The molecule has 0 aromatic carbocycles. The quantitative estimate of drug-likeness (QED) is 0.0222. The van der Waals surface area contributed by atoms with Crippen molar-refractivity contribution in [1.29, 1.82) is 0 Å². The molecule has 6 atom stereocenters. The van der Waals surface area contributed by atoms with E-state index in [1.165, 1.54) is 212 Å². The maximum absolute atomic E-state index is 13.1. The smallest absolute Gasteiger partial charge is 0.462 e. The minimum atomic E-state index is -4.96. The lowest BCUT2D eigenvalue weighted by atomic mass is 9.99. The second-order valence-electron chi connectivity index (χ2n) is 28.5. The standard InChI is InChI=1S/C77H150O17P2/c1-7-10-12-14-15-16-17-32-38-43-49-55-61-76(81)93-72(65-87-74(79)59-53-45-13-11-8-2)67-91-95(83,84)89-63-71(78)64-90-96(85,86)92-68-73(66-88-75(80)60-54-48-42-37-33-28-25-24-27-31-36-41-47-52-58-70(6)9-3)94-77(82)62-56-50-44-39-34-29-23-21-19-18-20-22-26-30-35-40-46-51-57-69(4)5/h69-73,78H,7-68H2,1-6H3,(H,83,84)(H,85,86)/t70?,71-,72+,73+/m0/s1. The normalized spacial score (nSPS) is 14.3. The van der Waals surface area contributed by atoms with Crippen molar-refractivity contribution in [3.63, 3.8) is 0 Å². The molecule has 0 aliphatic carbocycles. The Labute approximate surface area is 588 Å². The number of esters is 4. The molecule has 0 aromatic heterocycles. The van der Waals surface area contributed by atoms with Gasteiger partial charge in [0, 0.05) is 25.7 Å². The number of ether oxygens (including phenoxy) is 4. The average molecular weight is 1410 g/mol. The first-order valence-electron chi connectivity index (χ1n) is 40.0. The first-order valence-corrected chi connectivity index (χ1v) is 43.0. The number of hydrogen-bond acceptors (Lipinski definition) is 15. The highest BCUT2D eigenvalue weighted by molar-refractivity contribution is 7.47. The number of aliphatic hydroxyl groups is 1. The van der Waals surface area contributed by atoms with Crippen molar-refractivity contribution in [3.05, 3.63) is 0 Å². The van der Waals surface area contributed by atoms with E-state index in [0.29, 0.717) is 25.7 Å². The van der Waals surface area contributed by atoms with Gasteiger partial charge >= 0.3 is 39.5 Å². The van der Waals surface area contributed by atoms with Gasteiger partial charge in [-0.15, -0.1) is 0 Å². The van der Waals surface area contributed by atoms with Gasteiger partial charge in [0.05, 0.1) is 26.4 Å². The topological polar surface area (TPSA) is 237 Å². The van der Waals surface area contributed by atoms with E-state index in [1.54, 1.807) is 0 Å². The Hall–Kier alpha value is -1.94. The summed E-state index contributed by atoms with van der Waals surface area (Å²) < 4.78 is 68.3. The van der Waals surface area contributed by atoms with Crippen molar-refractivity contribution in [2.24, 2.45) is 11.8 Å². The predicted molar refractivity (Wildman–Crippen MR) is 391 cm³/mol. The van der Waals surface area contributed by atoms with Gasteiger partial charge in [-0.05, 0) is 37.5 Å². The molecule has 0 bridgehead atoms. The summed E-state index contributed by atoms with van der Waals surface area (Å²) in [6.07, 6.45) is 57.3. The summed E-state index contributed by atoms with van der Waals surface area (Å²) in [5, 5.41) is 10.6. The molecule has 0 aliphatic rings. The Balaban J connectivity index is 5.12. The SMILES string of the molecule is CCCCCCCCCCCCCCC(=O)O[C@H](COC(=O)CCCCCCC)COP(=O)(O)OC[C@H](O)COP(=O)(O)OC[C@@H](COC(=O)CCCCCCCCCCCCCCCCC(C)CC)OC(=O)CCCCCCCCCCCCCCCCCCCCC(C)C. The van der Waals surface area contributed by atoms with Crippen LogP contribution in [-0.2, 0) is 65.4 Å². The molecular formula is C77H150O17P2. The predicted octanol–water partition coefficient (Wildman–Crippen LogP) is 22.7. The lowest BCUT2D eigenvalue weighted by Gasteiger charge is -2.21. The maximum Gasteiger partial charge on any atom is 0.472 e. The second kappa shape index (κ2) is 68.8. The van der Waals surface area contributed by atoms with Crippen LogP contribution in [0.4, 0.5) is 0 Å². The molecule has 570 valence electrons. The fourth-order valence-electron chi connectivity index (χ4n) is 11.8. The van der Waals surface area contributed by atoms with Crippen molar-refractivity contribution in [2.75, 3.05) is 39.6 Å². The van der Waals surface area contributed by atoms with E-state index in [9.17, 15) is 43.2 Å². The molecule has 3 unspecified atom stereocenters. The largest absolute Gasteiger partial charge is 0.472 e. The highest BCUT2D eigenvalue weighted by Gasteiger charge is 2.30. The van der Waals surface area contributed by atoms with Gasteiger partial charge in [-0.25, -0.2) is 9.13 Å². The van der Waals surface area contributed by atoms with Crippen LogP contribution >= 0.6 is 15.6 Å². The van der Waals surface area contributed by atoms with Crippen LogP contribution in [-0.4, -0.2) is 96.7 Å². The van der Waals surface area contributed by atoms with Gasteiger partial charge in [0.25, 0.3) is 0 Å². The van der Waals surface area contributed by atoms with Gasteiger partial charge in [0.1, 0.15) is 19.3 Å². The van der Waals surface area contributed by atoms with Gasteiger partial charge in [-0.3, -0.25) is 37.3 Å². The molecule has 0 rings (SSSR count). The zero-order chi connectivity index (χ0) is 70.7. The highest BCUT2D eigenvalue weighted by atomic mass is 31.2. The molecule has 0 fully saturated rings. The Morgan fingerprint density at radius 3 is 0.792 bits per heavy atom. The van der Waals surface area contributed by atoms with E-state index in [0.717, 1.165) is 108 Å². The second-order valence-corrected chi connectivity index (χ2v) is 31.4. The monoisotopic (exact) mass is 1410 g/mol. The summed E-state index contributed by atoms with van der Waals surface area (Å²) in [6, 6.07) is 0. The molecule has 0 saturated heterocycles. The molecule has 0 radical (unpaired) electrons. The molecule has 3 N–H and O–H groups in total. The number of carbonyl (C=O) groups is 4. The third-order valence-corrected chi connectivity index (χ3v) is 20.2. The van der Waals surface area contributed by atoms with E-state index >= 15 is 0 Å². The van der Waals surface area contributed by atoms with Gasteiger partial charge in [-0.2, -0.15) is 0 Å². The van der Waals surface area contributed by atoms with Crippen molar-refractivity contribution in [3.8, 4) is 0 Å². The van der Waals surface area contributed by atoms with Crippen LogP contribution in [0.1, 0.15) is 401 Å². The van der Waals surface area contributed by atoms with Crippen molar-refractivity contribution in [1.82, 2.24) is 0 Å². The fourth-order valence-corrected chi connectivity index (χ4v) is 13.4. The summed E-state index contributed by atoms with van der Waals surface area (Å²) in [7, 11) is -9.90. The Morgan fingerprint density at radius 2 is 0.531 bits per heavy atom. The molecule has 19 heteroatoms. The minimum absolute atomic E-state index is 0.107. The fraction of sp³-hybridized carbons (Fsp3) is 0.948. The van der Waals surface area contributed by atoms with Gasteiger partial charge in [0.15, 0.2) is 12.2 Å². The maximum atomic E-state index is 13.1. The molecular weight excluding hydrogens is 1260 g/mol. The first kappa shape index (κ1) is 94.1. The van der Waals surface area contributed by atoms with Crippen LogP contribution in [0.5, 0.6) is 0 Å².